The van der Waals surface area contributed by atoms with Crippen LogP contribution < -0.4 is 0 Å². The number of rotatable bonds is 2. The van der Waals surface area contributed by atoms with Crippen LogP contribution in [-0.4, -0.2) is 11.1 Å². The van der Waals surface area contributed by atoms with Crippen LogP contribution in [0.15, 0.2) is 36.4 Å². The van der Waals surface area contributed by atoms with Crippen molar-refractivity contribution in [2.75, 3.05) is 0 Å². The van der Waals surface area contributed by atoms with Crippen LogP contribution in [-0.2, 0) is 0 Å². The monoisotopic (exact) mass is 218 g/mol. The van der Waals surface area contributed by atoms with Crippen molar-refractivity contribution in [3.05, 3.63) is 46.2 Å². The number of carboxylic acids is 1. The molecule has 1 heterocycles. The molecule has 15 heavy (non-hydrogen) atoms. The standard InChI is InChI=1S/C12H10O2S/c1-8-7-10(11(15-8)12(13)14)9-5-3-2-4-6-9/h2-7H,1H3,(H,13,14). The first-order valence-electron chi connectivity index (χ1n) is 4.57. The minimum absolute atomic E-state index is 0.415. The highest BCUT2D eigenvalue weighted by Crippen LogP contribution is 2.30. The van der Waals surface area contributed by atoms with Gasteiger partial charge in [0.15, 0.2) is 0 Å². The van der Waals surface area contributed by atoms with E-state index >= 15 is 0 Å². The maximum absolute atomic E-state index is 11.0. The van der Waals surface area contributed by atoms with Crippen molar-refractivity contribution in [2.45, 2.75) is 6.92 Å². The lowest BCUT2D eigenvalue weighted by molar-refractivity contribution is 0.0703. The molecule has 3 heteroatoms. The first-order valence-corrected chi connectivity index (χ1v) is 5.39. The number of aryl methyl sites for hydroxylation is 1. The van der Waals surface area contributed by atoms with E-state index in [4.69, 9.17) is 5.11 Å². The van der Waals surface area contributed by atoms with Crippen LogP contribution in [0.1, 0.15) is 14.5 Å². The summed E-state index contributed by atoms with van der Waals surface area (Å²) in [5.74, 6) is -0.855. The molecule has 2 aromatic rings. The molecule has 1 aromatic carbocycles. The number of aromatic carboxylic acids is 1. The lowest BCUT2D eigenvalue weighted by Gasteiger charge is -1.98. The molecule has 2 nitrogen and oxygen atoms in total. The second-order valence-electron chi connectivity index (χ2n) is 3.27. The Bertz CT molecular complexity index is 486. The predicted octanol–water partition coefficient (Wildman–Crippen LogP) is 3.42. The molecule has 2 rings (SSSR count). The minimum Gasteiger partial charge on any atom is -0.477 e. The van der Waals surface area contributed by atoms with Crippen molar-refractivity contribution in [1.82, 2.24) is 0 Å². The smallest absolute Gasteiger partial charge is 0.346 e. The predicted molar refractivity (Wildman–Crippen MR) is 61.5 cm³/mol. The van der Waals surface area contributed by atoms with Crippen LogP contribution in [0.2, 0.25) is 0 Å². The van der Waals surface area contributed by atoms with Gasteiger partial charge in [-0.2, -0.15) is 0 Å². The van der Waals surface area contributed by atoms with Gasteiger partial charge in [0.25, 0.3) is 0 Å². The number of hydrogen-bond acceptors (Lipinski definition) is 2. The Morgan fingerprint density at radius 2 is 1.93 bits per heavy atom. The van der Waals surface area contributed by atoms with Crippen molar-refractivity contribution in [1.29, 1.82) is 0 Å². The van der Waals surface area contributed by atoms with Gasteiger partial charge >= 0.3 is 5.97 Å². The first kappa shape index (κ1) is 9.93. The third kappa shape index (κ3) is 1.92. The highest BCUT2D eigenvalue weighted by molar-refractivity contribution is 7.14. The highest BCUT2D eigenvalue weighted by Gasteiger charge is 2.14. The van der Waals surface area contributed by atoms with Gasteiger partial charge < -0.3 is 5.11 Å². The summed E-state index contributed by atoms with van der Waals surface area (Å²) in [6, 6.07) is 11.5. The van der Waals surface area contributed by atoms with Crippen LogP contribution in [0.3, 0.4) is 0 Å². The van der Waals surface area contributed by atoms with E-state index < -0.39 is 5.97 Å². The molecule has 1 N–H and O–H groups in total. The van der Waals surface area contributed by atoms with Crippen molar-refractivity contribution in [3.63, 3.8) is 0 Å². The van der Waals surface area contributed by atoms with E-state index in [1.165, 1.54) is 11.3 Å². The summed E-state index contributed by atoms with van der Waals surface area (Å²) in [4.78, 5) is 12.5. The van der Waals surface area contributed by atoms with Gasteiger partial charge in [0.05, 0.1) is 0 Å². The van der Waals surface area contributed by atoms with Crippen molar-refractivity contribution in [3.8, 4) is 11.1 Å². The van der Waals surface area contributed by atoms with Crippen molar-refractivity contribution >= 4 is 17.3 Å². The van der Waals surface area contributed by atoms with Gasteiger partial charge in [0.1, 0.15) is 4.88 Å². The van der Waals surface area contributed by atoms with E-state index in [1.807, 2.05) is 43.3 Å². The van der Waals surface area contributed by atoms with Crippen LogP contribution in [0.4, 0.5) is 0 Å². The van der Waals surface area contributed by atoms with E-state index in [1.54, 1.807) is 0 Å². The fourth-order valence-electron chi connectivity index (χ4n) is 1.51. The zero-order chi connectivity index (χ0) is 10.8. The third-order valence-electron chi connectivity index (χ3n) is 2.13. The zero-order valence-electron chi connectivity index (χ0n) is 8.23. The molecular weight excluding hydrogens is 208 g/mol. The molecule has 0 spiro atoms. The van der Waals surface area contributed by atoms with Crippen molar-refractivity contribution in [2.24, 2.45) is 0 Å². The molecule has 0 bridgehead atoms. The molecule has 0 unspecified atom stereocenters. The topological polar surface area (TPSA) is 37.3 Å². The van der Waals surface area contributed by atoms with Crippen LogP contribution in [0, 0.1) is 6.92 Å². The molecule has 0 aliphatic heterocycles. The number of carboxylic acid groups (broad SMARTS) is 1. The Hall–Kier alpha value is -1.61. The molecule has 0 fully saturated rings. The molecule has 0 aliphatic rings. The maximum atomic E-state index is 11.0. The Morgan fingerprint density at radius 1 is 1.27 bits per heavy atom. The van der Waals surface area contributed by atoms with Gasteiger partial charge in [-0.1, -0.05) is 30.3 Å². The molecule has 0 atom stereocenters. The van der Waals surface area contributed by atoms with Gasteiger partial charge in [-0.15, -0.1) is 11.3 Å². The molecule has 0 saturated carbocycles. The highest BCUT2D eigenvalue weighted by atomic mass is 32.1. The first-order chi connectivity index (χ1) is 7.18. The lowest BCUT2D eigenvalue weighted by Crippen LogP contribution is -1.93. The van der Waals surface area contributed by atoms with Crippen molar-refractivity contribution < 1.29 is 9.90 Å². The van der Waals surface area contributed by atoms with Gasteiger partial charge in [0, 0.05) is 10.4 Å². The molecule has 0 amide bonds. The Balaban J connectivity index is 2.58. The zero-order valence-corrected chi connectivity index (χ0v) is 9.04. The van der Waals surface area contributed by atoms with Gasteiger partial charge in [-0.25, -0.2) is 4.79 Å². The van der Waals surface area contributed by atoms with Crippen LogP contribution >= 0.6 is 11.3 Å². The number of hydrogen-bond donors (Lipinski definition) is 1. The molecule has 0 radical (unpaired) electrons. The summed E-state index contributed by atoms with van der Waals surface area (Å²) < 4.78 is 0. The normalized spacial score (nSPS) is 10.2. The summed E-state index contributed by atoms with van der Waals surface area (Å²) in [5, 5.41) is 9.05. The summed E-state index contributed by atoms with van der Waals surface area (Å²) in [5.41, 5.74) is 1.77. The van der Waals surface area contributed by atoms with E-state index in [9.17, 15) is 4.79 Å². The van der Waals surface area contributed by atoms with E-state index in [0.717, 1.165) is 16.0 Å². The fraction of sp³-hybridized carbons (Fsp3) is 0.0833. The number of thiophene rings is 1. The summed E-state index contributed by atoms with van der Waals surface area (Å²) >= 11 is 1.32. The number of benzene rings is 1. The third-order valence-corrected chi connectivity index (χ3v) is 3.17. The van der Waals surface area contributed by atoms with Gasteiger partial charge in [0.2, 0.25) is 0 Å². The number of carbonyl (C=O) groups is 1. The molecular formula is C12H10O2S. The maximum Gasteiger partial charge on any atom is 0.346 e. The van der Waals surface area contributed by atoms with Gasteiger partial charge in [-0.3, -0.25) is 0 Å². The second kappa shape index (κ2) is 3.87. The van der Waals surface area contributed by atoms with Crippen LogP contribution in [0.5, 0.6) is 0 Å². The Kier molecular flexibility index (Phi) is 2.56. The summed E-state index contributed by atoms with van der Waals surface area (Å²) in [7, 11) is 0. The SMILES string of the molecule is Cc1cc(-c2ccccc2)c(C(=O)O)s1. The average molecular weight is 218 g/mol. The molecule has 1 aromatic heterocycles. The van der Waals surface area contributed by atoms with E-state index in [-0.39, 0.29) is 0 Å². The minimum atomic E-state index is -0.855. The van der Waals surface area contributed by atoms with Gasteiger partial charge in [-0.05, 0) is 18.6 Å². The van der Waals surface area contributed by atoms with E-state index in [2.05, 4.69) is 0 Å². The average Bonchev–Trinajstić information content (AvgIpc) is 2.62. The quantitative estimate of drug-likeness (QED) is 0.838. The Morgan fingerprint density at radius 3 is 2.53 bits per heavy atom. The summed E-state index contributed by atoms with van der Waals surface area (Å²) in [6.07, 6.45) is 0. The van der Waals surface area contributed by atoms with Crippen LogP contribution in [0.25, 0.3) is 11.1 Å². The summed E-state index contributed by atoms with van der Waals surface area (Å²) in [6.45, 7) is 1.92. The molecule has 0 aliphatic carbocycles. The second-order valence-corrected chi connectivity index (χ2v) is 4.53. The lowest BCUT2D eigenvalue weighted by atomic mass is 10.1. The molecule has 0 saturated heterocycles. The molecule has 76 valence electrons. The fourth-order valence-corrected chi connectivity index (χ4v) is 2.38. The van der Waals surface area contributed by atoms with E-state index in [0.29, 0.717) is 4.88 Å². The Labute approximate surface area is 91.8 Å². The largest absolute Gasteiger partial charge is 0.477 e.